The van der Waals surface area contributed by atoms with Crippen LogP contribution in [0.1, 0.15) is 12.5 Å². The van der Waals surface area contributed by atoms with Crippen LogP contribution in [0.3, 0.4) is 0 Å². The minimum Gasteiger partial charge on any atom is -0.346 e. The fraction of sp³-hybridized carbons (Fsp3) is 0.385. The van der Waals surface area contributed by atoms with Gasteiger partial charge in [0.15, 0.2) is 9.84 Å². The first kappa shape index (κ1) is 12.2. The zero-order valence-electron chi connectivity index (χ0n) is 10.2. The molecule has 1 aromatic carbocycles. The van der Waals surface area contributed by atoms with Crippen molar-refractivity contribution in [3.05, 3.63) is 36.0 Å². The summed E-state index contributed by atoms with van der Waals surface area (Å²) in [5.74, 6) is 0.423. The van der Waals surface area contributed by atoms with E-state index >= 15 is 0 Å². The van der Waals surface area contributed by atoms with Crippen LogP contribution in [0, 0.1) is 6.92 Å². The number of hydrogen-bond donors (Lipinski definition) is 0. The van der Waals surface area contributed by atoms with Crippen LogP contribution < -0.4 is 0 Å². The number of sulfone groups is 1. The second-order valence-electron chi connectivity index (χ2n) is 4.31. The van der Waals surface area contributed by atoms with Gasteiger partial charge in [-0.3, -0.25) is 0 Å². The smallest absolute Gasteiger partial charge is 0.151 e. The van der Waals surface area contributed by atoms with Crippen molar-refractivity contribution in [2.24, 2.45) is 0 Å². The molecule has 0 aliphatic carbocycles. The molecule has 92 valence electrons. The molecule has 0 atom stereocenters. The summed E-state index contributed by atoms with van der Waals surface area (Å²) in [6.07, 6.45) is 1.95. The van der Waals surface area contributed by atoms with Gasteiger partial charge in [0.05, 0.1) is 5.75 Å². The Hall–Kier alpha value is -1.29. The van der Waals surface area contributed by atoms with E-state index in [4.69, 9.17) is 0 Å². The number of aryl methyl sites for hydroxylation is 2. The molecule has 0 unspecified atom stereocenters. The summed E-state index contributed by atoms with van der Waals surface area (Å²) in [6, 6.07) is 8.24. The maximum Gasteiger partial charge on any atom is 0.151 e. The molecule has 0 aliphatic rings. The van der Waals surface area contributed by atoms with Crippen molar-refractivity contribution in [2.45, 2.75) is 20.4 Å². The van der Waals surface area contributed by atoms with Crippen LogP contribution in [0.5, 0.6) is 0 Å². The van der Waals surface area contributed by atoms with Gasteiger partial charge in [0.25, 0.3) is 0 Å². The summed E-state index contributed by atoms with van der Waals surface area (Å²) in [6.45, 7) is 4.26. The molecule has 2 rings (SSSR count). The molecule has 0 saturated heterocycles. The van der Waals surface area contributed by atoms with Crippen LogP contribution in [-0.4, -0.2) is 24.5 Å². The molecule has 0 amide bonds. The normalized spacial score (nSPS) is 12.1. The highest BCUT2D eigenvalue weighted by atomic mass is 32.2. The maximum atomic E-state index is 11.5. The van der Waals surface area contributed by atoms with Gasteiger partial charge >= 0.3 is 0 Å². The summed E-state index contributed by atoms with van der Waals surface area (Å²) in [5.41, 5.74) is 2.30. The SMILES string of the molecule is CCS(=O)(=O)CCn1ccc2ccc(C)cc21. The monoisotopic (exact) mass is 251 g/mol. The lowest BCUT2D eigenvalue weighted by atomic mass is 10.2. The Balaban J connectivity index is 2.28. The highest BCUT2D eigenvalue weighted by Crippen LogP contribution is 2.17. The number of nitrogens with zero attached hydrogens (tertiary/aromatic N) is 1. The van der Waals surface area contributed by atoms with Crippen LogP contribution in [0.25, 0.3) is 10.9 Å². The largest absolute Gasteiger partial charge is 0.346 e. The highest BCUT2D eigenvalue weighted by Gasteiger charge is 2.08. The molecule has 1 aromatic heterocycles. The van der Waals surface area contributed by atoms with Crippen LogP contribution in [0.15, 0.2) is 30.5 Å². The van der Waals surface area contributed by atoms with Gasteiger partial charge in [0.1, 0.15) is 0 Å². The summed E-state index contributed by atoms with van der Waals surface area (Å²) >= 11 is 0. The maximum absolute atomic E-state index is 11.5. The van der Waals surface area contributed by atoms with Gasteiger partial charge in [-0.2, -0.15) is 0 Å². The fourth-order valence-electron chi connectivity index (χ4n) is 1.87. The first-order chi connectivity index (χ1) is 8.02. The number of fused-ring (bicyclic) bond motifs is 1. The van der Waals surface area contributed by atoms with Crippen molar-refractivity contribution < 1.29 is 8.42 Å². The van der Waals surface area contributed by atoms with Gasteiger partial charge in [-0.15, -0.1) is 0 Å². The van der Waals surface area contributed by atoms with Crippen molar-refractivity contribution in [1.29, 1.82) is 0 Å². The fourth-order valence-corrected chi connectivity index (χ4v) is 2.63. The molecule has 0 radical (unpaired) electrons. The van der Waals surface area contributed by atoms with E-state index in [2.05, 4.69) is 18.2 Å². The lowest BCUT2D eigenvalue weighted by molar-refractivity contribution is 0.591. The lowest BCUT2D eigenvalue weighted by Gasteiger charge is -2.06. The molecule has 0 spiro atoms. The third-order valence-electron chi connectivity index (χ3n) is 3.01. The minimum atomic E-state index is -2.90. The van der Waals surface area contributed by atoms with Crippen molar-refractivity contribution >= 4 is 20.7 Å². The zero-order chi connectivity index (χ0) is 12.5. The average molecular weight is 251 g/mol. The van der Waals surface area contributed by atoms with E-state index in [0.29, 0.717) is 6.54 Å². The van der Waals surface area contributed by atoms with Crippen molar-refractivity contribution in [3.8, 4) is 0 Å². The Labute approximate surface area is 102 Å². The quantitative estimate of drug-likeness (QED) is 0.837. The third kappa shape index (κ3) is 2.69. The molecule has 17 heavy (non-hydrogen) atoms. The van der Waals surface area contributed by atoms with Crippen molar-refractivity contribution in [2.75, 3.05) is 11.5 Å². The Morgan fingerprint density at radius 1 is 1.24 bits per heavy atom. The van der Waals surface area contributed by atoms with Crippen LogP contribution in [-0.2, 0) is 16.4 Å². The molecule has 0 bridgehead atoms. The van der Waals surface area contributed by atoms with Gasteiger partial charge in [-0.05, 0) is 30.0 Å². The Morgan fingerprint density at radius 3 is 2.71 bits per heavy atom. The molecule has 0 aliphatic heterocycles. The molecular formula is C13H17NO2S. The van der Waals surface area contributed by atoms with E-state index in [9.17, 15) is 8.42 Å². The third-order valence-corrected chi connectivity index (χ3v) is 4.70. The standard InChI is InChI=1S/C13H17NO2S/c1-3-17(15,16)9-8-14-7-6-12-5-4-11(2)10-13(12)14/h4-7,10H,3,8-9H2,1-2H3. The first-order valence-corrected chi connectivity index (χ1v) is 7.60. The molecule has 4 heteroatoms. The number of aromatic nitrogens is 1. The summed E-state index contributed by atoms with van der Waals surface area (Å²) in [7, 11) is -2.90. The second kappa shape index (κ2) is 4.53. The molecule has 1 heterocycles. The first-order valence-electron chi connectivity index (χ1n) is 5.78. The minimum absolute atomic E-state index is 0.210. The topological polar surface area (TPSA) is 39.1 Å². The van der Waals surface area contributed by atoms with E-state index in [0.717, 1.165) is 10.9 Å². The number of hydrogen-bond acceptors (Lipinski definition) is 2. The molecule has 3 nitrogen and oxygen atoms in total. The Bertz CT molecular complexity index is 626. The Kier molecular flexibility index (Phi) is 3.24. The van der Waals surface area contributed by atoms with Gasteiger partial charge in [0, 0.05) is 24.0 Å². The van der Waals surface area contributed by atoms with Gasteiger partial charge in [-0.1, -0.05) is 19.1 Å². The Morgan fingerprint density at radius 2 is 2.00 bits per heavy atom. The van der Waals surface area contributed by atoms with Gasteiger partial charge in [-0.25, -0.2) is 8.42 Å². The summed E-state index contributed by atoms with van der Waals surface area (Å²) in [5, 5.41) is 1.16. The molecule has 0 fully saturated rings. The molecule has 0 N–H and O–H groups in total. The zero-order valence-corrected chi connectivity index (χ0v) is 11.0. The van der Waals surface area contributed by atoms with Crippen LogP contribution in [0.4, 0.5) is 0 Å². The van der Waals surface area contributed by atoms with E-state index in [1.54, 1.807) is 6.92 Å². The van der Waals surface area contributed by atoms with Crippen molar-refractivity contribution in [3.63, 3.8) is 0 Å². The predicted molar refractivity (Wildman–Crippen MR) is 71.0 cm³/mol. The average Bonchev–Trinajstić information content (AvgIpc) is 2.69. The molecular weight excluding hydrogens is 234 g/mol. The van der Waals surface area contributed by atoms with Crippen LogP contribution in [0.2, 0.25) is 0 Å². The van der Waals surface area contributed by atoms with Crippen LogP contribution >= 0.6 is 0 Å². The summed E-state index contributed by atoms with van der Waals surface area (Å²) < 4.78 is 25.0. The predicted octanol–water partition coefficient (Wildman–Crippen LogP) is 2.38. The molecule has 0 saturated carbocycles. The van der Waals surface area contributed by atoms with E-state index in [1.807, 2.05) is 23.8 Å². The number of rotatable bonds is 4. The van der Waals surface area contributed by atoms with Gasteiger partial charge in [0.2, 0.25) is 0 Å². The summed E-state index contributed by atoms with van der Waals surface area (Å²) in [4.78, 5) is 0. The lowest BCUT2D eigenvalue weighted by Crippen LogP contribution is -2.14. The van der Waals surface area contributed by atoms with Gasteiger partial charge < -0.3 is 4.57 Å². The van der Waals surface area contributed by atoms with E-state index in [1.165, 1.54) is 5.56 Å². The molecule has 2 aromatic rings. The number of benzene rings is 1. The van der Waals surface area contributed by atoms with E-state index in [-0.39, 0.29) is 11.5 Å². The highest BCUT2D eigenvalue weighted by molar-refractivity contribution is 7.91. The van der Waals surface area contributed by atoms with Crippen molar-refractivity contribution in [1.82, 2.24) is 4.57 Å². The second-order valence-corrected chi connectivity index (χ2v) is 6.78. The van der Waals surface area contributed by atoms with E-state index < -0.39 is 9.84 Å².